The van der Waals surface area contributed by atoms with E-state index in [0.717, 1.165) is 25.4 Å². The molecule has 5 heteroatoms. The highest BCUT2D eigenvalue weighted by Gasteiger charge is 2.25. The van der Waals surface area contributed by atoms with Gasteiger partial charge in [0, 0.05) is 37.3 Å². The Hall–Kier alpha value is -0.580. The molecule has 0 aliphatic carbocycles. The molecule has 2 N–H and O–H groups in total. The van der Waals surface area contributed by atoms with Crippen molar-refractivity contribution in [2.45, 2.75) is 52.0 Å². The summed E-state index contributed by atoms with van der Waals surface area (Å²) in [6, 6.07) is 0. The summed E-state index contributed by atoms with van der Waals surface area (Å²) >= 11 is 0. The highest BCUT2D eigenvalue weighted by atomic mass is 35.5. The standard InChI is InChI=1S/C16H30N4.ClH/c1-16(2,3)15-14(11-19(4)18-15)12-20-9-5-6-13(10-20)7-8-17;/h11,13H,5-10,12,17H2,1-4H3;1H. The fourth-order valence-electron chi connectivity index (χ4n) is 3.29. The Labute approximate surface area is 135 Å². The molecule has 1 atom stereocenters. The summed E-state index contributed by atoms with van der Waals surface area (Å²) in [5.41, 5.74) is 8.44. The maximum Gasteiger partial charge on any atom is 0.0722 e. The number of hydrogen-bond acceptors (Lipinski definition) is 3. The molecule has 122 valence electrons. The molecule has 1 saturated heterocycles. The zero-order valence-corrected chi connectivity index (χ0v) is 14.7. The fourth-order valence-corrected chi connectivity index (χ4v) is 3.29. The number of halogens is 1. The molecule has 1 aromatic heterocycles. The second-order valence-corrected chi connectivity index (χ2v) is 7.25. The summed E-state index contributed by atoms with van der Waals surface area (Å²) < 4.78 is 1.96. The summed E-state index contributed by atoms with van der Waals surface area (Å²) in [6.45, 7) is 11.0. The van der Waals surface area contributed by atoms with Crippen molar-refractivity contribution in [2.24, 2.45) is 18.7 Å². The lowest BCUT2D eigenvalue weighted by atomic mass is 9.89. The van der Waals surface area contributed by atoms with Crippen molar-refractivity contribution in [3.05, 3.63) is 17.5 Å². The zero-order chi connectivity index (χ0) is 14.8. The van der Waals surface area contributed by atoms with Gasteiger partial charge in [-0.3, -0.25) is 9.58 Å². The maximum atomic E-state index is 5.71. The predicted octanol–water partition coefficient (Wildman–Crippen LogP) is 2.70. The number of nitrogens with zero attached hydrogens (tertiary/aromatic N) is 3. The Morgan fingerprint density at radius 3 is 2.71 bits per heavy atom. The second-order valence-electron chi connectivity index (χ2n) is 7.25. The van der Waals surface area contributed by atoms with Gasteiger partial charge in [0.05, 0.1) is 5.69 Å². The first-order valence-corrected chi connectivity index (χ1v) is 7.85. The topological polar surface area (TPSA) is 47.1 Å². The Bertz CT molecular complexity index is 434. The van der Waals surface area contributed by atoms with E-state index in [9.17, 15) is 0 Å². The molecule has 2 heterocycles. The molecule has 1 aliphatic rings. The number of piperidine rings is 1. The van der Waals surface area contributed by atoms with Gasteiger partial charge >= 0.3 is 0 Å². The number of aromatic nitrogens is 2. The van der Waals surface area contributed by atoms with Gasteiger partial charge in [-0.05, 0) is 38.3 Å². The summed E-state index contributed by atoms with van der Waals surface area (Å²) in [6.07, 6.45) is 5.99. The summed E-state index contributed by atoms with van der Waals surface area (Å²) in [7, 11) is 2.02. The van der Waals surface area contributed by atoms with Crippen LogP contribution in [0.1, 0.15) is 51.3 Å². The molecule has 0 spiro atoms. The molecule has 0 amide bonds. The lowest BCUT2D eigenvalue weighted by molar-refractivity contribution is 0.162. The van der Waals surface area contributed by atoms with Crippen molar-refractivity contribution in [3.63, 3.8) is 0 Å². The number of aryl methyl sites for hydroxylation is 1. The van der Waals surface area contributed by atoms with Crippen LogP contribution in [0.15, 0.2) is 6.20 Å². The summed E-state index contributed by atoms with van der Waals surface area (Å²) in [4.78, 5) is 2.58. The SMILES string of the molecule is Cl.Cn1cc(CN2CCCC(CCN)C2)c(C(C)(C)C)n1. The van der Waals surface area contributed by atoms with Crippen LogP contribution in [0.3, 0.4) is 0 Å². The Balaban J connectivity index is 0.00000220. The van der Waals surface area contributed by atoms with Crippen molar-refractivity contribution in [3.8, 4) is 0 Å². The van der Waals surface area contributed by atoms with Crippen molar-refractivity contribution in [2.75, 3.05) is 19.6 Å². The molecular formula is C16H31ClN4. The first-order chi connectivity index (χ1) is 9.40. The summed E-state index contributed by atoms with van der Waals surface area (Å²) in [5, 5.41) is 4.67. The van der Waals surface area contributed by atoms with E-state index >= 15 is 0 Å². The lowest BCUT2D eigenvalue weighted by Crippen LogP contribution is -2.36. The molecule has 0 radical (unpaired) electrons. The van der Waals surface area contributed by atoms with Crippen molar-refractivity contribution < 1.29 is 0 Å². The van der Waals surface area contributed by atoms with Gasteiger partial charge in [0.2, 0.25) is 0 Å². The quantitative estimate of drug-likeness (QED) is 0.929. The molecular weight excluding hydrogens is 284 g/mol. The Kier molecular flexibility index (Phi) is 6.70. The zero-order valence-electron chi connectivity index (χ0n) is 13.9. The average Bonchev–Trinajstić information content (AvgIpc) is 2.71. The van der Waals surface area contributed by atoms with E-state index < -0.39 is 0 Å². The van der Waals surface area contributed by atoms with Crippen molar-refractivity contribution in [1.29, 1.82) is 0 Å². The second kappa shape index (κ2) is 7.61. The van der Waals surface area contributed by atoms with Gasteiger partial charge in [-0.15, -0.1) is 12.4 Å². The normalized spacial score (nSPS) is 20.3. The van der Waals surface area contributed by atoms with E-state index in [2.05, 4.69) is 37.0 Å². The van der Waals surface area contributed by atoms with E-state index in [0.29, 0.717) is 0 Å². The Morgan fingerprint density at radius 1 is 1.38 bits per heavy atom. The van der Waals surface area contributed by atoms with Gasteiger partial charge in [-0.2, -0.15) is 5.10 Å². The van der Waals surface area contributed by atoms with Crippen LogP contribution in [0.25, 0.3) is 0 Å². The number of rotatable bonds is 4. The number of likely N-dealkylation sites (tertiary alicyclic amines) is 1. The van der Waals surface area contributed by atoms with Crippen LogP contribution in [0.5, 0.6) is 0 Å². The van der Waals surface area contributed by atoms with Crippen LogP contribution in [0.2, 0.25) is 0 Å². The highest BCUT2D eigenvalue weighted by molar-refractivity contribution is 5.85. The van der Waals surface area contributed by atoms with E-state index in [4.69, 9.17) is 5.73 Å². The van der Waals surface area contributed by atoms with E-state index in [1.54, 1.807) is 0 Å². The minimum atomic E-state index is 0. The molecule has 0 bridgehead atoms. The van der Waals surface area contributed by atoms with E-state index in [1.165, 1.54) is 37.2 Å². The highest BCUT2D eigenvalue weighted by Crippen LogP contribution is 2.27. The van der Waals surface area contributed by atoms with E-state index in [-0.39, 0.29) is 17.8 Å². The largest absolute Gasteiger partial charge is 0.330 e. The molecule has 4 nitrogen and oxygen atoms in total. The van der Waals surface area contributed by atoms with Gasteiger partial charge in [-0.25, -0.2) is 0 Å². The smallest absolute Gasteiger partial charge is 0.0722 e. The van der Waals surface area contributed by atoms with Crippen molar-refractivity contribution >= 4 is 12.4 Å². The molecule has 0 saturated carbocycles. The van der Waals surface area contributed by atoms with Gasteiger partial charge < -0.3 is 5.73 Å². The molecule has 1 unspecified atom stereocenters. The van der Waals surface area contributed by atoms with Crippen LogP contribution >= 0.6 is 12.4 Å². The van der Waals surface area contributed by atoms with E-state index in [1.807, 2.05) is 11.7 Å². The third kappa shape index (κ3) is 4.97. The van der Waals surface area contributed by atoms with Crippen LogP contribution < -0.4 is 5.73 Å². The monoisotopic (exact) mass is 314 g/mol. The van der Waals surface area contributed by atoms with Gasteiger partial charge in [0.25, 0.3) is 0 Å². The van der Waals surface area contributed by atoms with Gasteiger partial charge in [0.15, 0.2) is 0 Å². The minimum Gasteiger partial charge on any atom is -0.330 e. The molecule has 2 rings (SSSR count). The van der Waals surface area contributed by atoms with Crippen LogP contribution in [0.4, 0.5) is 0 Å². The molecule has 1 fully saturated rings. The molecule has 1 aromatic rings. The number of hydrogen-bond donors (Lipinski definition) is 1. The fraction of sp³-hybridized carbons (Fsp3) is 0.812. The predicted molar refractivity (Wildman–Crippen MR) is 90.8 cm³/mol. The molecule has 0 aromatic carbocycles. The first kappa shape index (κ1) is 18.5. The Morgan fingerprint density at radius 2 is 2.10 bits per heavy atom. The molecule has 1 aliphatic heterocycles. The van der Waals surface area contributed by atoms with Gasteiger partial charge in [-0.1, -0.05) is 20.8 Å². The van der Waals surface area contributed by atoms with Crippen LogP contribution in [-0.4, -0.2) is 34.3 Å². The lowest BCUT2D eigenvalue weighted by Gasteiger charge is -2.33. The van der Waals surface area contributed by atoms with Crippen LogP contribution in [0, 0.1) is 5.92 Å². The maximum absolute atomic E-state index is 5.71. The average molecular weight is 315 g/mol. The molecule has 21 heavy (non-hydrogen) atoms. The number of nitrogens with two attached hydrogens (primary N) is 1. The van der Waals surface area contributed by atoms with Gasteiger partial charge in [0.1, 0.15) is 0 Å². The third-order valence-electron chi connectivity index (χ3n) is 4.19. The summed E-state index contributed by atoms with van der Waals surface area (Å²) in [5.74, 6) is 0.781. The third-order valence-corrected chi connectivity index (χ3v) is 4.19. The van der Waals surface area contributed by atoms with Crippen LogP contribution in [-0.2, 0) is 19.0 Å². The van der Waals surface area contributed by atoms with Crippen molar-refractivity contribution in [1.82, 2.24) is 14.7 Å². The minimum absolute atomic E-state index is 0. The first-order valence-electron chi connectivity index (χ1n) is 7.85.